The minimum absolute atomic E-state index is 0.212. The average Bonchev–Trinajstić information content (AvgIpc) is 2.71. The molecule has 1 amide bonds. The van der Waals surface area contributed by atoms with Gasteiger partial charge in [-0.2, -0.15) is 0 Å². The Kier molecular flexibility index (Phi) is 7.33. The quantitative estimate of drug-likeness (QED) is 0.666. The van der Waals surface area contributed by atoms with Gasteiger partial charge < -0.3 is 19.5 Å². The molecule has 0 fully saturated rings. The third-order valence-corrected chi connectivity index (χ3v) is 5.57. The van der Waals surface area contributed by atoms with E-state index in [2.05, 4.69) is 5.32 Å². The SMILES string of the molecule is COc1ccc(N([C@H](C)C(=O)NCc2ccc(OC)c(OC)c2)S(C)(=O)=O)cc1. The number of anilines is 1. The third-order valence-electron chi connectivity index (χ3n) is 4.33. The molecule has 2 rings (SSSR count). The highest BCUT2D eigenvalue weighted by Crippen LogP contribution is 2.27. The predicted octanol–water partition coefficient (Wildman–Crippen LogP) is 2.18. The average molecular weight is 423 g/mol. The molecule has 0 heterocycles. The maximum absolute atomic E-state index is 12.7. The molecule has 1 atom stereocenters. The Morgan fingerprint density at radius 1 is 1.00 bits per heavy atom. The van der Waals surface area contributed by atoms with Gasteiger partial charge in [0, 0.05) is 6.54 Å². The van der Waals surface area contributed by atoms with Crippen molar-refractivity contribution < 1.29 is 27.4 Å². The van der Waals surface area contributed by atoms with Gasteiger partial charge in [-0.05, 0) is 48.9 Å². The Morgan fingerprint density at radius 3 is 2.14 bits per heavy atom. The van der Waals surface area contributed by atoms with Crippen LogP contribution in [0.5, 0.6) is 17.2 Å². The molecule has 1 N–H and O–H groups in total. The summed E-state index contributed by atoms with van der Waals surface area (Å²) in [4.78, 5) is 12.7. The Hall–Kier alpha value is -2.94. The molecule has 29 heavy (non-hydrogen) atoms. The number of benzene rings is 2. The molecule has 0 unspecified atom stereocenters. The maximum Gasteiger partial charge on any atom is 0.243 e. The summed E-state index contributed by atoms with van der Waals surface area (Å²) < 4.78 is 41.3. The first-order valence-electron chi connectivity index (χ1n) is 8.83. The van der Waals surface area contributed by atoms with E-state index in [-0.39, 0.29) is 6.54 Å². The molecule has 9 heteroatoms. The standard InChI is InChI=1S/C20H26N2O6S/c1-14(22(29(5,24)25)16-7-9-17(26-2)10-8-16)20(23)21-13-15-6-11-18(27-3)19(12-15)28-4/h6-12,14H,13H2,1-5H3,(H,21,23)/t14-/m1/s1. The van der Waals surface area contributed by atoms with Crippen LogP contribution < -0.4 is 23.8 Å². The second kappa shape index (κ2) is 9.51. The van der Waals surface area contributed by atoms with Crippen LogP contribution in [0.1, 0.15) is 12.5 Å². The highest BCUT2D eigenvalue weighted by molar-refractivity contribution is 7.92. The van der Waals surface area contributed by atoms with E-state index in [9.17, 15) is 13.2 Å². The lowest BCUT2D eigenvalue weighted by atomic mass is 10.2. The summed E-state index contributed by atoms with van der Waals surface area (Å²) in [5, 5.41) is 2.77. The van der Waals surface area contributed by atoms with Gasteiger partial charge >= 0.3 is 0 Å². The fourth-order valence-electron chi connectivity index (χ4n) is 2.87. The van der Waals surface area contributed by atoms with E-state index in [0.29, 0.717) is 22.9 Å². The highest BCUT2D eigenvalue weighted by atomic mass is 32.2. The second-order valence-corrected chi connectivity index (χ2v) is 8.20. The van der Waals surface area contributed by atoms with Gasteiger partial charge in [0.2, 0.25) is 15.9 Å². The number of carbonyl (C=O) groups is 1. The predicted molar refractivity (Wildman–Crippen MR) is 111 cm³/mol. The molecule has 0 spiro atoms. The van der Waals surface area contributed by atoms with Crippen LogP contribution in [0.25, 0.3) is 0 Å². The van der Waals surface area contributed by atoms with Crippen LogP contribution in [0, 0.1) is 0 Å². The Morgan fingerprint density at radius 2 is 1.62 bits per heavy atom. The minimum atomic E-state index is -3.69. The zero-order valence-corrected chi connectivity index (χ0v) is 17.9. The van der Waals surface area contributed by atoms with Crippen LogP contribution in [0.15, 0.2) is 42.5 Å². The molecule has 0 aliphatic rings. The van der Waals surface area contributed by atoms with Crippen molar-refractivity contribution in [2.24, 2.45) is 0 Å². The number of nitrogens with one attached hydrogen (secondary N) is 1. The van der Waals surface area contributed by atoms with Crippen LogP contribution >= 0.6 is 0 Å². The van der Waals surface area contributed by atoms with E-state index >= 15 is 0 Å². The minimum Gasteiger partial charge on any atom is -0.497 e. The molecule has 0 aromatic heterocycles. The molecule has 2 aromatic carbocycles. The van der Waals surface area contributed by atoms with E-state index in [1.807, 2.05) is 0 Å². The lowest BCUT2D eigenvalue weighted by molar-refractivity contribution is -0.122. The highest BCUT2D eigenvalue weighted by Gasteiger charge is 2.29. The summed E-state index contributed by atoms with van der Waals surface area (Å²) in [6.07, 6.45) is 1.06. The molecule has 158 valence electrons. The van der Waals surface area contributed by atoms with E-state index in [1.54, 1.807) is 49.6 Å². The molecule has 0 aliphatic heterocycles. The normalized spacial score (nSPS) is 12.0. The first-order valence-corrected chi connectivity index (χ1v) is 10.7. The first-order chi connectivity index (χ1) is 13.7. The molecule has 8 nitrogen and oxygen atoms in total. The van der Waals surface area contributed by atoms with Crippen molar-refractivity contribution in [3.05, 3.63) is 48.0 Å². The second-order valence-electron chi connectivity index (χ2n) is 6.34. The van der Waals surface area contributed by atoms with Gasteiger partial charge in [0.05, 0.1) is 33.3 Å². The number of carbonyl (C=O) groups excluding carboxylic acids is 1. The van der Waals surface area contributed by atoms with Crippen molar-refractivity contribution >= 4 is 21.6 Å². The topological polar surface area (TPSA) is 94.2 Å². The molecular formula is C20H26N2O6S. The molecule has 0 radical (unpaired) electrons. The van der Waals surface area contributed by atoms with Gasteiger partial charge in [0.1, 0.15) is 11.8 Å². The van der Waals surface area contributed by atoms with Crippen molar-refractivity contribution in [2.45, 2.75) is 19.5 Å². The van der Waals surface area contributed by atoms with Gasteiger partial charge in [-0.25, -0.2) is 8.42 Å². The fourth-order valence-corrected chi connectivity index (χ4v) is 4.04. The third kappa shape index (κ3) is 5.54. The van der Waals surface area contributed by atoms with Crippen LogP contribution in [0.4, 0.5) is 5.69 Å². The van der Waals surface area contributed by atoms with Crippen molar-refractivity contribution in [1.82, 2.24) is 5.32 Å². The van der Waals surface area contributed by atoms with Crippen molar-refractivity contribution in [3.8, 4) is 17.2 Å². The van der Waals surface area contributed by atoms with Gasteiger partial charge in [-0.1, -0.05) is 6.07 Å². The zero-order valence-electron chi connectivity index (χ0n) is 17.1. The van der Waals surface area contributed by atoms with Gasteiger partial charge in [0.15, 0.2) is 11.5 Å². The molecule has 0 bridgehead atoms. The van der Waals surface area contributed by atoms with Crippen LogP contribution in [-0.4, -0.2) is 48.0 Å². The number of ether oxygens (including phenoxy) is 3. The Bertz CT molecular complexity index is 944. The first kappa shape index (κ1) is 22.4. The van der Waals surface area contributed by atoms with Gasteiger partial charge in [0.25, 0.3) is 0 Å². The fraction of sp³-hybridized carbons (Fsp3) is 0.350. The molecule has 0 saturated heterocycles. The number of sulfonamides is 1. The van der Waals surface area contributed by atoms with Gasteiger partial charge in [-0.15, -0.1) is 0 Å². The monoisotopic (exact) mass is 422 g/mol. The summed E-state index contributed by atoms with van der Waals surface area (Å²) in [5.41, 5.74) is 1.17. The zero-order chi connectivity index (χ0) is 21.6. The number of methoxy groups -OCH3 is 3. The van der Waals surface area contributed by atoms with E-state index in [4.69, 9.17) is 14.2 Å². The lowest BCUT2D eigenvalue weighted by Gasteiger charge is -2.28. The van der Waals surface area contributed by atoms with Gasteiger partial charge in [-0.3, -0.25) is 9.10 Å². The Labute approximate surface area is 171 Å². The van der Waals surface area contributed by atoms with Crippen molar-refractivity contribution in [1.29, 1.82) is 0 Å². The number of nitrogens with zero attached hydrogens (tertiary/aromatic N) is 1. The summed E-state index contributed by atoms with van der Waals surface area (Å²) >= 11 is 0. The van der Waals surface area contributed by atoms with Crippen LogP contribution in [0.2, 0.25) is 0 Å². The lowest BCUT2D eigenvalue weighted by Crippen LogP contribution is -2.47. The summed E-state index contributed by atoms with van der Waals surface area (Å²) in [6.45, 7) is 1.75. The summed E-state index contributed by atoms with van der Waals surface area (Å²) in [5.74, 6) is 1.29. The number of amides is 1. The largest absolute Gasteiger partial charge is 0.497 e. The van der Waals surface area contributed by atoms with Crippen molar-refractivity contribution in [3.63, 3.8) is 0 Å². The molecule has 0 saturated carbocycles. The maximum atomic E-state index is 12.7. The number of hydrogen-bond donors (Lipinski definition) is 1. The summed E-state index contributed by atoms with van der Waals surface area (Å²) in [6, 6.07) is 10.8. The van der Waals surface area contributed by atoms with Crippen LogP contribution in [-0.2, 0) is 21.4 Å². The Balaban J connectivity index is 2.17. The van der Waals surface area contributed by atoms with Crippen LogP contribution in [0.3, 0.4) is 0 Å². The smallest absolute Gasteiger partial charge is 0.243 e. The number of rotatable bonds is 9. The number of hydrogen-bond acceptors (Lipinski definition) is 6. The molecule has 0 aliphatic carbocycles. The summed E-state index contributed by atoms with van der Waals surface area (Å²) in [7, 11) is 0.903. The molecular weight excluding hydrogens is 396 g/mol. The van der Waals surface area contributed by atoms with E-state index in [0.717, 1.165) is 16.1 Å². The van der Waals surface area contributed by atoms with E-state index < -0.39 is 22.0 Å². The van der Waals surface area contributed by atoms with Crippen molar-refractivity contribution in [2.75, 3.05) is 31.9 Å². The van der Waals surface area contributed by atoms with E-state index in [1.165, 1.54) is 21.1 Å². The molecule has 2 aromatic rings.